The summed E-state index contributed by atoms with van der Waals surface area (Å²) in [5.41, 5.74) is 3.63. The number of nitrogens with one attached hydrogen (secondary N) is 1. The van der Waals surface area contributed by atoms with Gasteiger partial charge in [-0.2, -0.15) is 0 Å². The fourth-order valence-electron chi connectivity index (χ4n) is 3.20. The number of carbonyl (C=O) groups excluding carboxylic acids is 3. The number of carboxylic acids is 1. The van der Waals surface area contributed by atoms with Gasteiger partial charge in [-0.3, -0.25) is 9.59 Å². The van der Waals surface area contributed by atoms with Crippen LogP contribution in [-0.4, -0.2) is 52.1 Å². The van der Waals surface area contributed by atoms with Crippen LogP contribution in [0, 0.1) is 13.8 Å². The van der Waals surface area contributed by atoms with Crippen LogP contribution in [0.15, 0.2) is 36.0 Å². The standard InChI is InChI=1S/C20H19N3O6/c1-11-8-14(9-16-18(26)22(10-17(24)25)20(28)21-16)12(2)23(11)15-6-4-13(5-7-15)19(27)29-3/h4-9H,10H2,1-3H3,(H,21,28)(H,24,25)/b16-9+. The van der Waals surface area contributed by atoms with Gasteiger partial charge in [0.2, 0.25) is 0 Å². The molecular weight excluding hydrogens is 378 g/mol. The summed E-state index contributed by atoms with van der Waals surface area (Å²) >= 11 is 0. The summed E-state index contributed by atoms with van der Waals surface area (Å²) < 4.78 is 6.63. The number of imide groups is 1. The number of urea groups is 1. The van der Waals surface area contributed by atoms with Crippen molar-refractivity contribution in [3.8, 4) is 5.69 Å². The lowest BCUT2D eigenvalue weighted by Crippen LogP contribution is -2.35. The molecule has 0 unspecified atom stereocenters. The van der Waals surface area contributed by atoms with Crippen molar-refractivity contribution in [1.82, 2.24) is 14.8 Å². The molecule has 9 heteroatoms. The van der Waals surface area contributed by atoms with Crippen LogP contribution in [0.4, 0.5) is 4.79 Å². The van der Waals surface area contributed by atoms with Gasteiger partial charge in [0.15, 0.2) is 0 Å². The zero-order valence-electron chi connectivity index (χ0n) is 16.1. The molecule has 0 radical (unpaired) electrons. The molecule has 9 nitrogen and oxygen atoms in total. The number of hydrogen-bond donors (Lipinski definition) is 2. The zero-order chi connectivity index (χ0) is 21.3. The van der Waals surface area contributed by atoms with Crippen LogP contribution in [0.25, 0.3) is 11.8 Å². The second-order valence-electron chi connectivity index (χ2n) is 6.47. The zero-order valence-corrected chi connectivity index (χ0v) is 16.1. The summed E-state index contributed by atoms with van der Waals surface area (Å²) in [7, 11) is 1.32. The lowest BCUT2D eigenvalue weighted by atomic mass is 10.2. The van der Waals surface area contributed by atoms with Crippen LogP contribution in [0.2, 0.25) is 0 Å². The topological polar surface area (TPSA) is 118 Å². The molecule has 1 aliphatic heterocycles. The maximum Gasteiger partial charge on any atom is 0.337 e. The molecular formula is C20H19N3O6. The first-order valence-corrected chi connectivity index (χ1v) is 8.67. The molecule has 1 fully saturated rings. The summed E-state index contributed by atoms with van der Waals surface area (Å²) in [4.78, 5) is 47.2. The molecule has 150 valence electrons. The number of benzene rings is 1. The predicted octanol–water partition coefficient (Wildman–Crippen LogP) is 1.86. The second-order valence-corrected chi connectivity index (χ2v) is 6.47. The number of aromatic nitrogens is 1. The van der Waals surface area contributed by atoms with E-state index in [1.54, 1.807) is 24.3 Å². The van der Waals surface area contributed by atoms with Gasteiger partial charge in [0.25, 0.3) is 5.91 Å². The number of carboxylic acid groups (broad SMARTS) is 1. The molecule has 2 aromatic rings. The average Bonchev–Trinajstić information content (AvgIpc) is 3.11. The van der Waals surface area contributed by atoms with Crippen molar-refractivity contribution in [2.45, 2.75) is 13.8 Å². The first-order chi connectivity index (χ1) is 13.7. The van der Waals surface area contributed by atoms with Gasteiger partial charge < -0.3 is 19.7 Å². The molecule has 0 spiro atoms. The van der Waals surface area contributed by atoms with E-state index in [4.69, 9.17) is 9.84 Å². The minimum Gasteiger partial charge on any atom is -0.480 e. The van der Waals surface area contributed by atoms with Gasteiger partial charge in [-0.15, -0.1) is 0 Å². The minimum atomic E-state index is -1.27. The van der Waals surface area contributed by atoms with Crippen LogP contribution in [0.1, 0.15) is 27.3 Å². The van der Waals surface area contributed by atoms with Crippen LogP contribution in [0.5, 0.6) is 0 Å². The molecule has 29 heavy (non-hydrogen) atoms. The van der Waals surface area contributed by atoms with E-state index in [-0.39, 0.29) is 5.70 Å². The van der Waals surface area contributed by atoms with E-state index in [0.29, 0.717) is 16.0 Å². The van der Waals surface area contributed by atoms with E-state index in [1.807, 2.05) is 24.5 Å². The molecule has 3 amide bonds. The number of esters is 1. The molecule has 3 rings (SSSR count). The molecule has 0 aliphatic carbocycles. The highest BCUT2D eigenvalue weighted by atomic mass is 16.5. The van der Waals surface area contributed by atoms with Crippen molar-refractivity contribution in [3.63, 3.8) is 0 Å². The number of methoxy groups -OCH3 is 1. The Hall–Kier alpha value is -3.88. The Kier molecular flexibility index (Phi) is 5.22. The average molecular weight is 397 g/mol. The third-order valence-corrected chi connectivity index (χ3v) is 4.57. The highest BCUT2D eigenvalue weighted by Crippen LogP contribution is 2.24. The van der Waals surface area contributed by atoms with Crippen molar-refractivity contribution in [1.29, 1.82) is 0 Å². The number of carbonyl (C=O) groups is 4. The van der Waals surface area contributed by atoms with Gasteiger partial charge in [0, 0.05) is 17.1 Å². The lowest BCUT2D eigenvalue weighted by molar-refractivity contribution is -0.140. The predicted molar refractivity (Wildman–Crippen MR) is 102 cm³/mol. The Morgan fingerprint density at radius 3 is 2.41 bits per heavy atom. The summed E-state index contributed by atoms with van der Waals surface area (Å²) in [5.74, 6) is -2.39. The highest BCUT2D eigenvalue weighted by molar-refractivity contribution is 6.15. The van der Waals surface area contributed by atoms with Crippen LogP contribution < -0.4 is 5.32 Å². The van der Waals surface area contributed by atoms with Crippen molar-refractivity contribution in [2.75, 3.05) is 13.7 Å². The maximum absolute atomic E-state index is 12.3. The molecule has 0 atom stereocenters. The quantitative estimate of drug-likeness (QED) is 0.452. The highest BCUT2D eigenvalue weighted by Gasteiger charge is 2.35. The van der Waals surface area contributed by atoms with Crippen molar-refractivity contribution < 1.29 is 29.0 Å². The van der Waals surface area contributed by atoms with Gasteiger partial charge in [0.1, 0.15) is 12.2 Å². The van der Waals surface area contributed by atoms with E-state index in [9.17, 15) is 19.2 Å². The Morgan fingerprint density at radius 1 is 1.17 bits per heavy atom. The van der Waals surface area contributed by atoms with E-state index in [1.165, 1.54) is 13.2 Å². The second kappa shape index (κ2) is 7.63. The summed E-state index contributed by atoms with van der Waals surface area (Å²) in [6.45, 7) is 3.03. The largest absolute Gasteiger partial charge is 0.480 e. The molecule has 1 aromatic carbocycles. The first-order valence-electron chi connectivity index (χ1n) is 8.67. The number of ether oxygens (including phenoxy) is 1. The summed E-state index contributed by atoms with van der Waals surface area (Å²) in [5, 5.41) is 11.2. The normalized spacial score (nSPS) is 15.0. The smallest absolute Gasteiger partial charge is 0.337 e. The van der Waals surface area contributed by atoms with Gasteiger partial charge in [0.05, 0.1) is 12.7 Å². The van der Waals surface area contributed by atoms with Crippen molar-refractivity contribution in [2.24, 2.45) is 0 Å². The Morgan fingerprint density at radius 2 is 1.83 bits per heavy atom. The number of hydrogen-bond acceptors (Lipinski definition) is 5. The number of rotatable bonds is 5. The molecule has 1 aromatic heterocycles. The Labute approximate surface area is 166 Å². The van der Waals surface area contributed by atoms with Gasteiger partial charge in [-0.05, 0) is 55.8 Å². The Bertz CT molecular complexity index is 1050. The number of amides is 3. The molecule has 1 saturated heterocycles. The van der Waals surface area contributed by atoms with Gasteiger partial charge in [-0.1, -0.05) is 0 Å². The van der Waals surface area contributed by atoms with E-state index >= 15 is 0 Å². The molecule has 0 bridgehead atoms. The van der Waals surface area contributed by atoms with Gasteiger partial charge in [-0.25, -0.2) is 14.5 Å². The van der Waals surface area contributed by atoms with Crippen molar-refractivity contribution in [3.05, 3.63) is 58.5 Å². The maximum atomic E-state index is 12.3. The SMILES string of the molecule is COC(=O)c1ccc(-n2c(C)cc(/C=C3/NC(=O)N(CC(=O)O)C3=O)c2C)cc1. The lowest BCUT2D eigenvalue weighted by Gasteiger charge is -2.10. The molecule has 0 saturated carbocycles. The summed E-state index contributed by atoms with van der Waals surface area (Å²) in [6, 6.07) is 7.94. The van der Waals surface area contributed by atoms with Crippen LogP contribution >= 0.6 is 0 Å². The molecule has 2 heterocycles. The minimum absolute atomic E-state index is 0.0116. The number of aliphatic carboxylic acids is 1. The van der Waals surface area contributed by atoms with Crippen molar-refractivity contribution >= 4 is 30.0 Å². The van der Waals surface area contributed by atoms with Crippen LogP contribution in [0.3, 0.4) is 0 Å². The molecule has 1 aliphatic rings. The number of nitrogens with zero attached hydrogens (tertiary/aromatic N) is 2. The van der Waals surface area contributed by atoms with E-state index in [2.05, 4.69) is 5.32 Å². The fourth-order valence-corrected chi connectivity index (χ4v) is 3.20. The third kappa shape index (κ3) is 3.75. The van der Waals surface area contributed by atoms with E-state index in [0.717, 1.165) is 17.1 Å². The Balaban J connectivity index is 1.93. The van der Waals surface area contributed by atoms with Gasteiger partial charge >= 0.3 is 18.0 Å². The molecule has 2 N–H and O–H groups in total. The third-order valence-electron chi connectivity index (χ3n) is 4.57. The monoisotopic (exact) mass is 397 g/mol. The number of aryl methyl sites for hydroxylation is 1. The fraction of sp³-hybridized carbons (Fsp3) is 0.200. The summed E-state index contributed by atoms with van der Waals surface area (Å²) in [6.07, 6.45) is 1.52. The van der Waals surface area contributed by atoms with Crippen LogP contribution in [-0.2, 0) is 14.3 Å². The van der Waals surface area contributed by atoms with E-state index < -0.39 is 30.4 Å². The first kappa shape index (κ1) is 19.9.